The number of hydrogen-bond acceptors (Lipinski definition) is 4. The van der Waals surface area contributed by atoms with Gasteiger partial charge in [0.25, 0.3) is 0 Å². The molecule has 7 heteroatoms. The quantitative estimate of drug-likeness (QED) is 0.632. The van der Waals surface area contributed by atoms with Crippen LogP contribution in [0.1, 0.15) is 24.9 Å². The summed E-state index contributed by atoms with van der Waals surface area (Å²) < 4.78 is 0. The van der Waals surface area contributed by atoms with E-state index in [1.165, 1.54) is 18.3 Å². The summed E-state index contributed by atoms with van der Waals surface area (Å²) in [7, 11) is 0. The maximum atomic E-state index is 12.5. The average molecular weight is 400 g/mol. The lowest BCUT2D eigenvalue weighted by Gasteiger charge is -2.17. The average Bonchev–Trinajstić information content (AvgIpc) is 3.10. The molecule has 0 aliphatic rings. The number of halogens is 1. The van der Waals surface area contributed by atoms with Crippen molar-refractivity contribution in [3.05, 3.63) is 70.6 Å². The van der Waals surface area contributed by atoms with Gasteiger partial charge in [-0.2, -0.15) is 0 Å². The van der Waals surface area contributed by atoms with Crippen LogP contribution >= 0.6 is 22.9 Å². The van der Waals surface area contributed by atoms with Crippen molar-refractivity contribution in [2.24, 2.45) is 0 Å². The van der Waals surface area contributed by atoms with Gasteiger partial charge in [0.15, 0.2) is 5.13 Å². The molecule has 0 saturated carbocycles. The van der Waals surface area contributed by atoms with Crippen LogP contribution in [-0.4, -0.2) is 16.8 Å². The molecule has 0 aliphatic heterocycles. The van der Waals surface area contributed by atoms with Crippen molar-refractivity contribution in [2.45, 2.75) is 19.4 Å². The second-order valence-electron chi connectivity index (χ2n) is 5.96. The van der Waals surface area contributed by atoms with E-state index in [2.05, 4.69) is 15.6 Å². The zero-order valence-corrected chi connectivity index (χ0v) is 16.2. The molecule has 2 N–H and O–H groups in total. The Hall–Kier alpha value is -2.70. The Labute approximate surface area is 166 Å². The van der Waals surface area contributed by atoms with E-state index >= 15 is 0 Å². The molecular weight excluding hydrogens is 382 g/mol. The lowest BCUT2D eigenvalue weighted by molar-refractivity contribution is -0.120. The predicted octanol–water partition coefficient (Wildman–Crippen LogP) is 4.67. The van der Waals surface area contributed by atoms with Gasteiger partial charge in [-0.1, -0.05) is 54.1 Å². The van der Waals surface area contributed by atoms with Gasteiger partial charge in [-0.25, -0.2) is 4.98 Å². The topological polar surface area (TPSA) is 71.1 Å². The summed E-state index contributed by atoms with van der Waals surface area (Å²) >= 11 is 7.25. The Morgan fingerprint density at radius 3 is 2.48 bits per heavy atom. The first-order chi connectivity index (χ1) is 13.0. The Morgan fingerprint density at radius 2 is 1.81 bits per heavy atom. The van der Waals surface area contributed by atoms with Gasteiger partial charge < -0.3 is 10.6 Å². The molecule has 0 aliphatic carbocycles. The van der Waals surface area contributed by atoms with Gasteiger partial charge in [-0.15, -0.1) is 11.3 Å². The summed E-state index contributed by atoms with van der Waals surface area (Å²) in [6.07, 6.45) is 0.124. The summed E-state index contributed by atoms with van der Waals surface area (Å²) in [6, 6.07) is 16.4. The third kappa shape index (κ3) is 5.39. The zero-order valence-electron chi connectivity index (χ0n) is 14.6. The maximum absolute atomic E-state index is 12.5. The summed E-state index contributed by atoms with van der Waals surface area (Å²) in [5.74, 6) is -0.398. The van der Waals surface area contributed by atoms with Gasteiger partial charge in [0, 0.05) is 22.9 Å². The standard InChI is InChI=1S/C20H18ClN3O2S/c1-13(25)22-17(14-5-3-2-4-6-14)11-19(26)24-20-23-18(12-27-20)15-7-9-16(21)10-8-15/h2-10,12,17H,11H2,1H3,(H,22,25)(H,23,24,26). The van der Waals surface area contributed by atoms with E-state index in [4.69, 9.17) is 11.6 Å². The highest BCUT2D eigenvalue weighted by Gasteiger charge is 2.18. The van der Waals surface area contributed by atoms with Crippen molar-refractivity contribution in [3.8, 4) is 11.3 Å². The monoisotopic (exact) mass is 399 g/mol. The van der Waals surface area contributed by atoms with E-state index in [0.717, 1.165) is 16.8 Å². The Bertz CT molecular complexity index is 926. The second-order valence-corrected chi connectivity index (χ2v) is 7.26. The molecule has 1 atom stereocenters. The smallest absolute Gasteiger partial charge is 0.228 e. The number of thiazole rings is 1. The number of benzene rings is 2. The number of amides is 2. The first-order valence-corrected chi connectivity index (χ1v) is 9.60. The lowest BCUT2D eigenvalue weighted by atomic mass is 10.0. The van der Waals surface area contributed by atoms with Crippen LogP contribution in [0.4, 0.5) is 5.13 Å². The Kier molecular flexibility index (Phi) is 6.21. The van der Waals surface area contributed by atoms with Crippen molar-refractivity contribution in [1.29, 1.82) is 0 Å². The highest BCUT2D eigenvalue weighted by Crippen LogP contribution is 2.26. The largest absolute Gasteiger partial charge is 0.349 e. The normalized spacial score (nSPS) is 11.6. The molecule has 0 radical (unpaired) electrons. The third-order valence-electron chi connectivity index (χ3n) is 3.86. The second kappa shape index (κ2) is 8.79. The first kappa shape index (κ1) is 19.1. The molecule has 2 aromatic carbocycles. The molecule has 1 heterocycles. The van der Waals surface area contributed by atoms with Gasteiger partial charge in [0.2, 0.25) is 11.8 Å². The van der Waals surface area contributed by atoms with Crippen molar-refractivity contribution < 1.29 is 9.59 Å². The van der Waals surface area contributed by atoms with Crippen LogP contribution in [0.5, 0.6) is 0 Å². The minimum Gasteiger partial charge on any atom is -0.349 e. The van der Waals surface area contributed by atoms with Crippen LogP contribution < -0.4 is 10.6 Å². The van der Waals surface area contributed by atoms with Crippen LogP contribution in [0.25, 0.3) is 11.3 Å². The maximum Gasteiger partial charge on any atom is 0.228 e. The van der Waals surface area contributed by atoms with Crippen LogP contribution in [0, 0.1) is 0 Å². The number of anilines is 1. The van der Waals surface area contributed by atoms with Crippen LogP contribution in [0.15, 0.2) is 60.0 Å². The Morgan fingerprint density at radius 1 is 1.11 bits per heavy atom. The number of aromatic nitrogens is 1. The number of nitrogens with one attached hydrogen (secondary N) is 2. The molecule has 3 aromatic rings. The molecule has 0 bridgehead atoms. The molecule has 138 valence electrons. The summed E-state index contributed by atoms with van der Waals surface area (Å²) in [6.45, 7) is 1.44. The molecule has 1 aromatic heterocycles. The van der Waals surface area contributed by atoms with Crippen LogP contribution in [0.3, 0.4) is 0 Å². The minimum atomic E-state index is -0.389. The van der Waals surface area contributed by atoms with E-state index in [1.807, 2.05) is 47.8 Å². The zero-order chi connectivity index (χ0) is 19.2. The van der Waals surface area contributed by atoms with Gasteiger partial charge in [0.05, 0.1) is 18.2 Å². The summed E-state index contributed by atoms with van der Waals surface area (Å²) in [4.78, 5) is 28.4. The highest BCUT2D eigenvalue weighted by atomic mass is 35.5. The van der Waals surface area contributed by atoms with Crippen LogP contribution in [-0.2, 0) is 9.59 Å². The van der Waals surface area contributed by atoms with E-state index in [1.54, 1.807) is 12.1 Å². The van der Waals surface area contributed by atoms with Gasteiger partial charge in [-0.05, 0) is 17.7 Å². The molecular formula is C20H18ClN3O2S. The van der Waals surface area contributed by atoms with E-state index in [9.17, 15) is 9.59 Å². The highest BCUT2D eigenvalue weighted by molar-refractivity contribution is 7.14. The summed E-state index contributed by atoms with van der Waals surface area (Å²) in [5.41, 5.74) is 2.58. The Balaban J connectivity index is 1.67. The molecule has 5 nitrogen and oxygen atoms in total. The van der Waals surface area contributed by atoms with Crippen molar-refractivity contribution in [1.82, 2.24) is 10.3 Å². The number of carbonyl (C=O) groups is 2. The molecule has 0 fully saturated rings. The number of hydrogen-bond donors (Lipinski definition) is 2. The fraction of sp³-hybridized carbons (Fsp3) is 0.150. The fourth-order valence-corrected chi connectivity index (χ4v) is 3.48. The fourth-order valence-electron chi connectivity index (χ4n) is 2.62. The number of carbonyl (C=O) groups excluding carboxylic acids is 2. The first-order valence-electron chi connectivity index (χ1n) is 8.34. The van der Waals surface area contributed by atoms with Crippen LogP contribution in [0.2, 0.25) is 5.02 Å². The van der Waals surface area contributed by atoms with E-state index in [0.29, 0.717) is 10.2 Å². The SMILES string of the molecule is CC(=O)NC(CC(=O)Nc1nc(-c2ccc(Cl)cc2)cs1)c1ccccc1. The minimum absolute atomic E-state index is 0.124. The molecule has 1 unspecified atom stereocenters. The molecule has 0 spiro atoms. The van der Waals surface area contributed by atoms with Gasteiger partial charge >= 0.3 is 0 Å². The van der Waals surface area contributed by atoms with Gasteiger partial charge in [-0.3, -0.25) is 9.59 Å². The van der Waals surface area contributed by atoms with E-state index < -0.39 is 0 Å². The van der Waals surface area contributed by atoms with E-state index in [-0.39, 0.29) is 24.3 Å². The summed E-state index contributed by atoms with van der Waals surface area (Å²) in [5, 5.41) is 8.68. The van der Waals surface area contributed by atoms with Crippen molar-refractivity contribution in [3.63, 3.8) is 0 Å². The number of nitrogens with zero attached hydrogens (tertiary/aromatic N) is 1. The van der Waals surface area contributed by atoms with Gasteiger partial charge in [0.1, 0.15) is 0 Å². The molecule has 27 heavy (non-hydrogen) atoms. The molecule has 2 amide bonds. The molecule has 0 saturated heterocycles. The van der Waals surface area contributed by atoms with Crippen molar-refractivity contribution in [2.75, 3.05) is 5.32 Å². The lowest BCUT2D eigenvalue weighted by Crippen LogP contribution is -2.29. The third-order valence-corrected chi connectivity index (χ3v) is 4.87. The molecule has 3 rings (SSSR count). The predicted molar refractivity (Wildman–Crippen MR) is 109 cm³/mol. The van der Waals surface area contributed by atoms with Crippen molar-refractivity contribution >= 4 is 39.9 Å². The number of rotatable bonds is 6.